The van der Waals surface area contributed by atoms with E-state index in [1.54, 1.807) is 0 Å². The Morgan fingerprint density at radius 3 is 2.74 bits per heavy atom. The van der Waals surface area contributed by atoms with Gasteiger partial charge >= 0.3 is 0 Å². The molecule has 1 aromatic heterocycles. The molecule has 0 atom stereocenters. The topological polar surface area (TPSA) is 33.1 Å². The molecule has 2 heterocycles. The standard InChI is InChI=1S/C15H26N4/c1-2-8-19-11-7-16-15(19)12-17-13-5-9-18(10-6-13)14-3-4-14/h7,11,13-14,17H,2-6,8-10,12H2,1H3. The third-order valence-corrected chi connectivity index (χ3v) is 4.41. The fourth-order valence-electron chi connectivity index (χ4n) is 3.10. The van der Waals surface area contributed by atoms with Crippen molar-refractivity contribution >= 4 is 0 Å². The number of rotatable bonds is 6. The Labute approximate surface area is 116 Å². The molecular formula is C15H26N4. The molecule has 106 valence electrons. The third-order valence-electron chi connectivity index (χ3n) is 4.41. The zero-order chi connectivity index (χ0) is 13.1. The van der Waals surface area contributed by atoms with E-state index in [0.717, 1.165) is 19.1 Å². The van der Waals surface area contributed by atoms with Crippen LogP contribution in [0.5, 0.6) is 0 Å². The van der Waals surface area contributed by atoms with Gasteiger partial charge in [0.1, 0.15) is 5.82 Å². The highest BCUT2D eigenvalue weighted by Crippen LogP contribution is 2.29. The summed E-state index contributed by atoms with van der Waals surface area (Å²) in [4.78, 5) is 7.14. The Balaban J connectivity index is 1.43. The maximum Gasteiger partial charge on any atom is 0.122 e. The number of hydrogen-bond acceptors (Lipinski definition) is 3. The minimum Gasteiger partial charge on any atom is -0.334 e. The molecule has 2 aliphatic rings. The van der Waals surface area contributed by atoms with Crippen LogP contribution in [0.25, 0.3) is 0 Å². The normalized spacial score (nSPS) is 21.9. The molecule has 1 saturated heterocycles. The fourth-order valence-corrected chi connectivity index (χ4v) is 3.10. The molecule has 0 aromatic carbocycles. The van der Waals surface area contributed by atoms with Gasteiger partial charge in [-0.3, -0.25) is 0 Å². The Kier molecular flexibility index (Phi) is 4.18. The van der Waals surface area contributed by atoms with Crippen molar-refractivity contribution in [3.63, 3.8) is 0 Å². The Morgan fingerprint density at radius 2 is 2.05 bits per heavy atom. The van der Waals surface area contributed by atoms with E-state index in [-0.39, 0.29) is 0 Å². The van der Waals surface area contributed by atoms with Gasteiger partial charge in [0.2, 0.25) is 0 Å². The maximum absolute atomic E-state index is 4.46. The average molecular weight is 262 g/mol. The molecule has 0 amide bonds. The second kappa shape index (κ2) is 6.06. The zero-order valence-corrected chi connectivity index (χ0v) is 12.0. The summed E-state index contributed by atoms with van der Waals surface area (Å²) in [5.41, 5.74) is 0. The van der Waals surface area contributed by atoms with Crippen LogP contribution in [0, 0.1) is 0 Å². The summed E-state index contributed by atoms with van der Waals surface area (Å²) in [5.74, 6) is 1.19. The summed E-state index contributed by atoms with van der Waals surface area (Å²) in [7, 11) is 0. The van der Waals surface area contributed by atoms with Crippen LogP contribution < -0.4 is 5.32 Å². The Morgan fingerprint density at radius 1 is 1.26 bits per heavy atom. The molecule has 0 bridgehead atoms. The molecule has 0 unspecified atom stereocenters. The first-order valence-corrected chi connectivity index (χ1v) is 7.84. The van der Waals surface area contributed by atoms with Crippen molar-refractivity contribution in [1.29, 1.82) is 0 Å². The van der Waals surface area contributed by atoms with Gasteiger partial charge in [0.15, 0.2) is 0 Å². The van der Waals surface area contributed by atoms with Gasteiger partial charge in [-0.2, -0.15) is 0 Å². The van der Waals surface area contributed by atoms with E-state index in [4.69, 9.17) is 0 Å². The highest BCUT2D eigenvalue weighted by atomic mass is 15.2. The number of likely N-dealkylation sites (tertiary alicyclic amines) is 1. The van der Waals surface area contributed by atoms with Crippen LogP contribution in [-0.4, -0.2) is 39.6 Å². The van der Waals surface area contributed by atoms with Gasteiger partial charge < -0.3 is 14.8 Å². The van der Waals surface area contributed by atoms with Gasteiger partial charge in [-0.1, -0.05) is 6.92 Å². The predicted octanol–water partition coefficient (Wildman–Crippen LogP) is 2.01. The van der Waals surface area contributed by atoms with Crippen molar-refractivity contribution in [3.8, 4) is 0 Å². The molecule has 2 fully saturated rings. The van der Waals surface area contributed by atoms with Crippen LogP contribution in [0.4, 0.5) is 0 Å². The lowest BCUT2D eigenvalue weighted by atomic mass is 10.0. The van der Waals surface area contributed by atoms with Crippen LogP contribution in [0.3, 0.4) is 0 Å². The molecule has 19 heavy (non-hydrogen) atoms. The van der Waals surface area contributed by atoms with Crippen molar-refractivity contribution in [3.05, 3.63) is 18.2 Å². The van der Waals surface area contributed by atoms with Crippen molar-refractivity contribution in [2.75, 3.05) is 13.1 Å². The Hall–Kier alpha value is -0.870. The average Bonchev–Trinajstić information content (AvgIpc) is 3.19. The molecule has 4 heteroatoms. The minimum atomic E-state index is 0.682. The largest absolute Gasteiger partial charge is 0.334 e. The van der Waals surface area contributed by atoms with Gasteiger partial charge in [0, 0.05) is 31.0 Å². The molecular weight excluding hydrogens is 236 g/mol. The van der Waals surface area contributed by atoms with Gasteiger partial charge in [-0.25, -0.2) is 4.98 Å². The van der Waals surface area contributed by atoms with E-state index in [9.17, 15) is 0 Å². The number of aromatic nitrogens is 2. The zero-order valence-electron chi connectivity index (χ0n) is 12.0. The summed E-state index contributed by atoms with van der Waals surface area (Å²) < 4.78 is 2.27. The molecule has 3 rings (SSSR count). The first kappa shape index (κ1) is 13.1. The summed E-state index contributed by atoms with van der Waals surface area (Å²) in [6.07, 6.45) is 10.6. The lowest BCUT2D eigenvalue weighted by molar-refractivity contribution is 0.188. The SMILES string of the molecule is CCCn1ccnc1CNC1CCN(C2CC2)CC1. The fraction of sp³-hybridized carbons (Fsp3) is 0.800. The third kappa shape index (κ3) is 3.37. The number of nitrogens with zero attached hydrogens (tertiary/aromatic N) is 3. The van der Waals surface area contributed by atoms with Crippen LogP contribution in [0.15, 0.2) is 12.4 Å². The van der Waals surface area contributed by atoms with Crippen molar-refractivity contribution in [1.82, 2.24) is 19.8 Å². The van der Waals surface area contributed by atoms with Crippen LogP contribution in [0.2, 0.25) is 0 Å². The summed E-state index contributed by atoms with van der Waals surface area (Å²) in [5, 5.41) is 3.69. The summed E-state index contributed by atoms with van der Waals surface area (Å²) in [6, 6.07) is 1.62. The first-order valence-electron chi connectivity index (χ1n) is 7.84. The molecule has 1 N–H and O–H groups in total. The number of piperidine rings is 1. The summed E-state index contributed by atoms with van der Waals surface area (Å²) in [6.45, 7) is 6.78. The van der Waals surface area contributed by atoms with E-state index in [1.807, 2.05) is 6.20 Å². The van der Waals surface area contributed by atoms with Crippen LogP contribution in [-0.2, 0) is 13.1 Å². The van der Waals surface area contributed by atoms with E-state index >= 15 is 0 Å². The van der Waals surface area contributed by atoms with Gasteiger partial charge in [-0.15, -0.1) is 0 Å². The first-order chi connectivity index (χ1) is 9.36. The minimum absolute atomic E-state index is 0.682. The summed E-state index contributed by atoms with van der Waals surface area (Å²) >= 11 is 0. The highest BCUT2D eigenvalue weighted by molar-refractivity contribution is 4.94. The predicted molar refractivity (Wildman–Crippen MR) is 77.0 cm³/mol. The molecule has 1 aliphatic carbocycles. The molecule has 1 aliphatic heterocycles. The Bertz CT molecular complexity index is 389. The van der Waals surface area contributed by atoms with Gasteiger partial charge in [0.25, 0.3) is 0 Å². The lowest BCUT2D eigenvalue weighted by Gasteiger charge is -2.32. The second-order valence-corrected chi connectivity index (χ2v) is 5.96. The molecule has 4 nitrogen and oxygen atoms in total. The second-order valence-electron chi connectivity index (χ2n) is 5.96. The number of nitrogens with one attached hydrogen (secondary N) is 1. The maximum atomic E-state index is 4.46. The van der Waals surface area contributed by atoms with E-state index in [1.165, 1.54) is 51.0 Å². The van der Waals surface area contributed by atoms with Crippen molar-refractivity contribution in [2.45, 2.75) is 64.2 Å². The quantitative estimate of drug-likeness (QED) is 0.851. The highest BCUT2D eigenvalue weighted by Gasteiger charge is 2.31. The van der Waals surface area contributed by atoms with Crippen molar-refractivity contribution in [2.24, 2.45) is 0 Å². The monoisotopic (exact) mass is 262 g/mol. The van der Waals surface area contributed by atoms with Gasteiger partial charge in [0.05, 0.1) is 6.54 Å². The van der Waals surface area contributed by atoms with Crippen LogP contribution in [0.1, 0.15) is 44.9 Å². The van der Waals surface area contributed by atoms with E-state index in [2.05, 4.69) is 32.9 Å². The van der Waals surface area contributed by atoms with E-state index < -0.39 is 0 Å². The lowest BCUT2D eigenvalue weighted by Crippen LogP contribution is -2.43. The molecule has 0 spiro atoms. The number of imidazole rings is 1. The van der Waals surface area contributed by atoms with Crippen molar-refractivity contribution < 1.29 is 0 Å². The molecule has 1 aromatic rings. The smallest absolute Gasteiger partial charge is 0.122 e. The number of hydrogen-bond donors (Lipinski definition) is 1. The van der Waals surface area contributed by atoms with Gasteiger partial charge in [-0.05, 0) is 45.2 Å². The molecule has 1 saturated carbocycles. The van der Waals surface area contributed by atoms with Crippen LogP contribution >= 0.6 is 0 Å². The van der Waals surface area contributed by atoms with E-state index in [0.29, 0.717) is 6.04 Å². The molecule has 0 radical (unpaired) electrons. The number of aryl methyl sites for hydroxylation is 1.